The smallest absolute Gasteiger partial charge is 0.234 e. The first-order valence-corrected chi connectivity index (χ1v) is 8.21. The Morgan fingerprint density at radius 3 is 2.50 bits per heavy atom. The number of benzene rings is 2. The van der Waals surface area contributed by atoms with Gasteiger partial charge in [0.15, 0.2) is 0 Å². The topological polar surface area (TPSA) is 29.1 Å². The molecule has 0 aromatic heterocycles. The summed E-state index contributed by atoms with van der Waals surface area (Å²) in [6.45, 7) is 0. The maximum Gasteiger partial charge on any atom is 0.234 e. The highest BCUT2D eigenvalue weighted by atomic mass is 32.2. The van der Waals surface area contributed by atoms with E-state index < -0.39 is 0 Å². The second kappa shape index (κ2) is 7.36. The molecule has 0 saturated carbocycles. The average molecular weight is 307 g/mol. The molecule has 0 aliphatic rings. The zero-order valence-electron chi connectivity index (χ0n) is 10.9. The summed E-state index contributed by atoms with van der Waals surface area (Å²) in [5.41, 5.74) is 0.752. The Bertz CT molecular complexity index is 587. The lowest BCUT2D eigenvalue weighted by Gasteiger charge is -2.06. The van der Waals surface area contributed by atoms with Crippen molar-refractivity contribution in [3.63, 3.8) is 0 Å². The van der Waals surface area contributed by atoms with Gasteiger partial charge in [0.05, 0.1) is 5.75 Å². The third-order valence-electron chi connectivity index (χ3n) is 2.57. The van der Waals surface area contributed by atoms with E-state index in [0.29, 0.717) is 4.90 Å². The molecule has 0 fully saturated rings. The fourth-order valence-electron chi connectivity index (χ4n) is 1.58. The fraction of sp³-hybridized carbons (Fsp3) is 0.133. The minimum absolute atomic E-state index is 0.143. The molecule has 0 heterocycles. The van der Waals surface area contributed by atoms with Gasteiger partial charge in [-0.3, -0.25) is 4.79 Å². The number of carbonyl (C=O) groups excluding carboxylic acids is 1. The Labute approximate surface area is 126 Å². The number of carbonyl (C=O) groups is 1. The second-order valence-corrected chi connectivity index (χ2v) is 5.89. The largest absolute Gasteiger partial charge is 0.325 e. The zero-order valence-corrected chi connectivity index (χ0v) is 12.6. The first kappa shape index (κ1) is 14.9. The average Bonchev–Trinajstić information content (AvgIpc) is 2.47. The lowest BCUT2D eigenvalue weighted by molar-refractivity contribution is -0.113. The summed E-state index contributed by atoms with van der Waals surface area (Å²) >= 11 is 2.84. The maximum absolute atomic E-state index is 13.4. The first-order chi connectivity index (χ1) is 9.69. The van der Waals surface area contributed by atoms with E-state index >= 15 is 0 Å². The molecule has 5 heteroatoms. The molecule has 0 unspecified atom stereocenters. The number of halogens is 1. The Kier molecular flexibility index (Phi) is 5.49. The molecule has 0 aliphatic carbocycles. The predicted octanol–water partition coefficient (Wildman–Crippen LogP) is 4.28. The number of anilines is 1. The molecular formula is C15H14FNOS2. The Morgan fingerprint density at radius 1 is 1.15 bits per heavy atom. The van der Waals surface area contributed by atoms with Crippen LogP contribution in [0.2, 0.25) is 0 Å². The molecule has 104 valence electrons. The molecule has 0 saturated heterocycles. The first-order valence-electron chi connectivity index (χ1n) is 6.00. The number of rotatable bonds is 5. The van der Waals surface area contributed by atoms with Crippen molar-refractivity contribution in [2.45, 2.75) is 9.79 Å². The molecule has 0 bridgehead atoms. The highest BCUT2D eigenvalue weighted by Crippen LogP contribution is 2.22. The molecule has 2 nitrogen and oxygen atoms in total. The number of thioether (sulfide) groups is 2. The standard InChI is InChI=1S/C15H14FNOS2/c1-19-12-8-6-11(7-9-12)17-15(18)10-20-14-5-3-2-4-13(14)16/h2-9H,10H2,1H3,(H,17,18). The van der Waals surface area contributed by atoms with Crippen molar-refractivity contribution in [2.75, 3.05) is 17.3 Å². The van der Waals surface area contributed by atoms with E-state index in [1.165, 1.54) is 17.8 Å². The van der Waals surface area contributed by atoms with E-state index in [2.05, 4.69) is 5.32 Å². The van der Waals surface area contributed by atoms with Gasteiger partial charge in [-0.25, -0.2) is 4.39 Å². The highest BCUT2D eigenvalue weighted by molar-refractivity contribution is 8.00. The van der Waals surface area contributed by atoms with Gasteiger partial charge >= 0.3 is 0 Å². The molecule has 20 heavy (non-hydrogen) atoms. The van der Waals surface area contributed by atoms with Crippen LogP contribution in [0.3, 0.4) is 0 Å². The van der Waals surface area contributed by atoms with Gasteiger partial charge in [-0.05, 0) is 42.7 Å². The lowest BCUT2D eigenvalue weighted by Crippen LogP contribution is -2.13. The van der Waals surface area contributed by atoms with Crippen molar-refractivity contribution in [3.05, 3.63) is 54.3 Å². The minimum Gasteiger partial charge on any atom is -0.325 e. The summed E-state index contributed by atoms with van der Waals surface area (Å²) in [7, 11) is 0. The van der Waals surface area contributed by atoms with Crippen LogP contribution in [0.1, 0.15) is 0 Å². The van der Waals surface area contributed by atoms with E-state index in [4.69, 9.17) is 0 Å². The SMILES string of the molecule is CSc1ccc(NC(=O)CSc2ccccc2F)cc1. The molecule has 0 atom stereocenters. The van der Waals surface area contributed by atoms with Crippen molar-refractivity contribution in [2.24, 2.45) is 0 Å². The highest BCUT2D eigenvalue weighted by Gasteiger charge is 2.06. The van der Waals surface area contributed by atoms with Gasteiger partial charge in [0, 0.05) is 15.5 Å². The third kappa shape index (κ3) is 4.28. The van der Waals surface area contributed by atoms with E-state index in [1.54, 1.807) is 30.0 Å². The Hall–Kier alpha value is -1.46. The van der Waals surface area contributed by atoms with Crippen LogP contribution < -0.4 is 5.32 Å². The molecule has 2 rings (SSSR count). The van der Waals surface area contributed by atoms with Crippen LogP contribution >= 0.6 is 23.5 Å². The van der Waals surface area contributed by atoms with Crippen molar-refractivity contribution in [3.8, 4) is 0 Å². The second-order valence-electron chi connectivity index (χ2n) is 4.00. The van der Waals surface area contributed by atoms with E-state index in [1.807, 2.05) is 30.5 Å². The van der Waals surface area contributed by atoms with Crippen LogP contribution in [0.15, 0.2) is 58.3 Å². The molecule has 2 aromatic rings. The third-order valence-corrected chi connectivity index (χ3v) is 4.36. The summed E-state index contributed by atoms with van der Waals surface area (Å²) in [5, 5.41) is 2.79. The quantitative estimate of drug-likeness (QED) is 0.836. The lowest BCUT2D eigenvalue weighted by atomic mass is 10.3. The van der Waals surface area contributed by atoms with Crippen molar-refractivity contribution in [1.29, 1.82) is 0 Å². The number of hydrogen-bond acceptors (Lipinski definition) is 3. The van der Waals surface area contributed by atoms with Crippen molar-refractivity contribution < 1.29 is 9.18 Å². The summed E-state index contributed by atoms with van der Waals surface area (Å²) in [4.78, 5) is 13.4. The molecule has 1 N–H and O–H groups in total. The van der Waals surface area contributed by atoms with Gasteiger partial charge < -0.3 is 5.32 Å². The molecule has 1 amide bonds. The van der Waals surface area contributed by atoms with Crippen LogP contribution in [-0.2, 0) is 4.79 Å². The zero-order chi connectivity index (χ0) is 14.4. The van der Waals surface area contributed by atoms with Gasteiger partial charge in [0.2, 0.25) is 5.91 Å². The van der Waals surface area contributed by atoms with Gasteiger partial charge in [-0.2, -0.15) is 0 Å². The van der Waals surface area contributed by atoms with E-state index in [-0.39, 0.29) is 17.5 Å². The monoisotopic (exact) mass is 307 g/mol. The number of hydrogen-bond donors (Lipinski definition) is 1. The predicted molar refractivity (Wildman–Crippen MR) is 84.0 cm³/mol. The Balaban J connectivity index is 1.87. The summed E-state index contributed by atoms with van der Waals surface area (Å²) < 4.78 is 13.4. The Morgan fingerprint density at radius 2 is 1.85 bits per heavy atom. The number of amides is 1. The van der Waals surface area contributed by atoms with Gasteiger partial charge in [0.1, 0.15) is 5.82 Å². The molecular weight excluding hydrogens is 293 g/mol. The molecule has 0 spiro atoms. The van der Waals surface area contributed by atoms with Crippen LogP contribution in [0, 0.1) is 5.82 Å². The van der Waals surface area contributed by atoms with Gasteiger partial charge in [-0.1, -0.05) is 12.1 Å². The minimum atomic E-state index is -0.297. The molecule has 0 radical (unpaired) electrons. The summed E-state index contributed by atoms with van der Waals surface area (Å²) in [6.07, 6.45) is 2.00. The van der Waals surface area contributed by atoms with Gasteiger partial charge in [0.25, 0.3) is 0 Å². The fourth-order valence-corrected chi connectivity index (χ4v) is 2.72. The maximum atomic E-state index is 13.4. The summed E-state index contributed by atoms with van der Waals surface area (Å²) in [5.74, 6) is -0.254. The van der Waals surface area contributed by atoms with Crippen molar-refractivity contribution in [1.82, 2.24) is 0 Å². The van der Waals surface area contributed by atoms with E-state index in [9.17, 15) is 9.18 Å². The normalized spacial score (nSPS) is 10.3. The molecule has 0 aliphatic heterocycles. The van der Waals surface area contributed by atoms with Crippen LogP contribution in [0.4, 0.5) is 10.1 Å². The van der Waals surface area contributed by atoms with Crippen LogP contribution in [-0.4, -0.2) is 17.9 Å². The number of nitrogens with one attached hydrogen (secondary N) is 1. The van der Waals surface area contributed by atoms with Crippen LogP contribution in [0.5, 0.6) is 0 Å². The molecule has 2 aromatic carbocycles. The van der Waals surface area contributed by atoms with E-state index in [0.717, 1.165) is 10.6 Å². The van der Waals surface area contributed by atoms with Crippen LogP contribution in [0.25, 0.3) is 0 Å². The summed E-state index contributed by atoms with van der Waals surface area (Å²) in [6, 6.07) is 14.1. The van der Waals surface area contributed by atoms with Crippen molar-refractivity contribution >= 4 is 35.1 Å². The van der Waals surface area contributed by atoms with Gasteiger partial charge in [-0.15, -0.1) is 23.5 Å².